The Bertz CT molecular complexity index is 552. The summed E-state index contributed by atoms with van der Waals surface area (Å²) >= 11 is 0. The number of carboxylic acid groups (broad SMARTS) is 1. The Labute approximate surface area is 129 Å². The third-order valence-corrected chi connectivity index (χ3v) is 2.82. The van der Waals surface area contributed by atoms with Gasteiger partial charge in [0.15, 0.2) is 0 Å². The predicted molar refractivity (Wildman–Crippen MR) is 80.3 cm³/mol. The molecular weight excluding hydrogens is 289 g/mol. The molecule has 22 heavy (non-hydrogen) atoms. The van der Waals surface area contributed by atoms with Crippen molar-refractivity contribution < 1.29 is 23.8 Å². The number of aryl methyl sites for hydroxylation is 1. The molecule has 1 atom stereocenters. The van der Waals surface area contributed by atoms with Gasteiger partial charge in [0.2, 0.25) is 0 Å². The van der Waals surface area contributed by atoms with Crippen LogP contribution in [0.2, 0.25) is 0 Å². The van der Waals surface area contributed by atoms with E-state index in [2.05, 4.69) is 5.32 Å². The van der Waals surface area contributed by atoms with E-state index in [0.29, 0.717) is 5.56 Å². The molecule has 5 nitrogen and oxygen atoms in total. The van der Waals surface area contributed by atoms with E-state index in [1.165, 1.54) is 6.07 Å². The highest BCUT2D eigenvalue weighted by atomic mass is 19.1. The number of carboxylic acids is 1. The van der Waals surface area contributed by atoms with E-state index in [1.807, 2.05) is 0 Å². The number of alkyl carbamates (subject to hydrolysis) is 1. The molecule has 0 saturated carbocycles. The van der Waals surface area contributed by atoms with Crippen LogP contribution in [0.4, 0.5) is 9.18 Å². The van der Waals surface area contributed by atoms with Crippen molar-refractivity contribution in [2.24, 2.45) is 0 Å². The summed E-state index contributed by atoms with van der Waals surface area (Å²) in [6.45, 7) is 6.88. The molecule has 1 aromatic carbocycles. The summed E-state index contributed by atoms with van der Waals surface area (Å²) in [5, 5.41) is 11.4. The maximum Gasteiger partial charge on any atom is 0.407 e. The van der Waals surface area contributed by atoms with Crippen LogP contribution in [0.1, 0.15) is 38.3 Å². The van der Waals surface area contributed by atoms with Crippen LogP contribution in [0.5, 0.6) is 0 Å². The molecule has 0 spiro atoms. The van der Waals surface area contributed by atoms with Crippen molar-refractivity contribution in [3.8, 4) is 0 Å². The second-order valence-corrected chi connectivity index (χ2v) is 6.24. The van der Waals surface area contributed by atoms with Crippen LogP contribution < -0.4 is 5.32 Å². The van der Waals surface area contributed by atoms with E-state index in [4.69, 9.17) is 9.84 Å². The molecule has 0 unspecified atom stereocenters. The molecule has 1 rings (SSSR count). The number of hydrogen-bond donors (Lipinski definition) is 2. The molecule has 0 aliphatic rings. The zero-order valence-electron chi connectivity index (χ0n) is 13.3. The third-order valence-electron chi connectivity index (χ3n) is 2.82. The van der Waals surface area contributed by atoms with Gasteiger partial charge in [-0.05, 0) is 51.3 Å². The Kier molecular flexibility index (Phi) is 5.91. The molecule has 0 saturated heterocycles. The van der Waals surface area contributed by atoms with E-state index in [1.54, 1.807) is 39.8 Å². The zero-order valence-corrected chi connectivity index (χ0v) is 13.3. The molecule has 0 heterocycles. The van der Waals surface area contributed by atoms with Crippen molar-refractivity contribution >= 4 is 12.1 Å². The summed E-state index contributed by atoms with van der Waals surface area (Å²) in [6, 6.07) is 3.96. The van der Waals surface area contributed by atoms with Crippen LogP contribution in [0.25, 0.3) is 0 Å². The molecule has 0 bridgehead atoms. The molecule has 0 radical (unpaired) electrons. The van der Waals surface area contributed by atoms with E-state index >= 15 is 0 Å². The zero-order chi connectivity index (χ0) is 16.9. The number of carbonyl (C=O) groups is 2. The summed E-state index contributed by atoms with van der Waals surface area (Å²) in [6.07, 6.45) is -0.948. The van der Waals surface area contributed by atoms with Gasteiger partial charge in [-0.2, -0.15) is 0 Å². The van der Waals surface area contributed by atoms with E-state index < -0.39 is 29.5 Å². The lowest BCUT2D eigenvalue weighted by Gasteiger charge is -2.23. The minimum absolute atomic E-state index is 0.0810. The second-order valence-electron chi connectivity index (χ2n) is 6.24. The molecule has 122 valence electrons. The van der Waals surface area contributed by atoms with E-state index in [0.717, 1.165) is 5.56 Å². The lowest BCUT2D eigenvalue weighted by molar-refractivity contribution is -0.137. The number of aliphatic carboxylic acids is 1. The van der Waals surface area contributed by atoms with Crippen molar-refractivity contribution in [1.29, 1.82) is 0 Å². The number of hydrogen-bond acceptors (Lipinski definition) is 3. The molecule has 1 amide bonds. The average molecular weight is 311 g/mol. The highest BCUT2D eigenvalue weighted by Crippen LogP contribution is 2.14. The minimum atomic E-state index is -1.08. The minimum Gasteiger partial charge on any atom is -0.481 e. The van der Waals surface area contributed by atoms with Crippen LogP contribution in [0, 0.1) is 12.7 Å². The Morgan fingerprint density at radius 2 is 2.00 bits per heavy atom. The molecule has 0 aliphatic carbocycles. The standard InChI is InChI=1S/C16H22FNO4/c1-10-5-6-11(13(17)7-10)8-12(9-14(19)20)18-15(21)22-16(2,3)4/h5-7,12H,8-9H2,1-4H3,(H,18,21)(H,19,20)/t12-/m1/s1. The summed E-state index contributed by atoms with van der Waals surface area (Å²) in [4.78, 5) is 22.7. The predicted octanol–water partition coefficient (Wildman–Crippen LogP) is 3.04. The van der Waals surface area contributed by atoms with Crippen molar-refractivity contribution in [2.45, 2.75) is 52.2 Å². The topological polar surface area (TPSA) is 75.6 Å². The van der Waals surface area contributed by atoms with Crippen LogP contribution in [0.3, 0.4) is 0 Å². The number of amides is 1. The number of halogens is 1. The van der Waals surface area contributed by atoms with Gasteiger partial charge in [0.05, 0.1) is 6.42 Å². The molecule has 2 N–H and O–H groups in total. The summed E-state index contributed by atoms with van der Waals surface area (Å²) in [5.74, 6) is -1.49. The van der Waals surface area contributed by atoms with Crippen LogP contribution in [-0.2, 0) is 16.0 Å². The number of benzene rings is 1. The average Bonchev–Trinajstić information content (AvgIpc) is 2.29. The molecule has 0 aromatic heterocycles. The highest BCUT2D eigenvalue weighted by Gasteiger charge is 2.22. The fraction of sp³-hybridized carbons (Fsp3) is 0.500. The normalized spacial score (nSPS) is 12.6. The number of rotatable bonds is 5. The van der Waals surface area contributed by atoms with E-state index in [-0.39, 0.29) is 12.8 Å². The maximum atomic E-state index is 13.9. The first-order chi connectivity index (χ1) is 10.1. The molecule has 1 aromatic rings. The first-order valence-electron chi connectivity index (χ1n) is 7.03. The summed E-state index contributed by atoms with van der Waals surface area (Å²) in [5.41, 5.74) is 0.441. The van der Waals surface area contributed by atoms with Gasteiger partial charge in [0, 0.05) is 6.04 Å². The van der Waals surface area contributed by atoms with Gasteiger partial charge in [-0.3, -0.25) is 4.79 Å². The lowest BCUT2D eigenvalue weighted by atomic mass is 10.0. The summed E-state index contributed by atoms with van der Waals surface area (Å²) in [7, 11) is 0. The fourth-order valence-corrected chi connectivity index (χ4v) is 1.94. The number of carbonyl (C=O) groups excluding carboxylic acids is 1. The molecular formula is C16H22FNO4. The molecule has 0 aliphatic heterocycles. The third kappa shape index (κ3) is 6.56. The van der Waals surface area contributed by atoms with Crippen molar-refractivity contribution in [2.75, 3.05) is 0 Å². The maximum absolute atomic E-state index is 13.9. The van der Waals surface area contributed by atoms with Crippen LogP contribution in [0.15, 0.2) is 18.2 Å². The van der Waals surface area contributed by atoms with Gasteiger partial charge in [-0.1, -0.05) is 12.1 Å². The van der Waals surface area contributed by atoms with E-state index in [9.17, 15) is 14.0 Å². The van der Waals surface area contributed by atoms with Gasteiger partial charge >= 0.3 is 12.1 Å². The van der Waals surface area contributed by atoms with Crippen LogP contribution in [-0.4, -0.2) is 28.8 Å². The highest BCUT2D eigenvalue weighted by molar-refractivity contribution is 5.71. The molecule has 0 fully saturated rings. The van der Waals surface area contributed by atoms with Crippen LogP contribution >= 0.6 is 0 Å². The Hall–Kier alpha value is -2.11. The van der Waals surface area contributed by atoms with Gasteiger partial charge < -0.3 is 15.2 Å². The van der Waals surface area contributed by atoms with Gasteiger partial charge in [0.25, 0.3) is 0 Å². The van der Waals surface area contributed by atoms with Crippen molar-refractivity contribution in [3.05, 3.63) is 35.1 Å². The van der Waals surface area contributed by atoms with Gasteiger partial charge in [0.1, 0.15) is 11.4 Å². The SMILES string of the molecule is Cc1ccc(C[C@H](CC(=O)O)NC(=O)OC(C)(C)C)c(F)c1. The quantitative estimate of drug-likeness (QED) is 0.876. The Balaban J connectivity index is 2.80. The number of ether oxygens (including phenoxy) is 1. The largest absolute Gasteiger partial charge is 0.481 e. The van der Waals surface area contributed by atoms with Gasteiger partial charge in [-0.25, -0.2) is 9.18 Å². The number of nitrogens with one attached hydrogen (secondary N) is 1. The van der Waals surface area contributed by atoms with Crippen molar-refractivity contribution in [1.82, 2.24) is 5.32 Å². The smallest absolute Gasteiger partial charge is 0.407 e. The first kappa shape index (κ1) is 17.9. The lowest BCUT2D eigenvalue weighted by Crippen LogP contribution is -2.41. The Morgan fingerprint density at radius 3 is 2.50 bits per heavy atom. The summed E-state index contributed by atoms with van der Waals surface area (Å²) < 4.78 is 19.0. The Morgan fingerprint density at radius 1 is 1.36 bits per heavy atom. The first-order valence-corrected chi connectivity index (χ1v) is 7.03. The second kappa shape index (κ2) is 7.24. The fourth-order valence-electron chi connectivity index (χ4n) is 1.94. The monoisotopic (exact) mass is 311 g/mol. The molecule has 6 heteroatoms. The van der Waals surface area contributed by atoms with Crippen molar-refractivity contribution in [3.63, 3.8) is 0 Å². The van der Waals surface area contributed by atoms with Gasteiger partial charge in [-0.15, -0.1) is 0 Å².